The van der Waals surface area contributed by atoms with Gasteiger partial charge in [-0.15, -0.1) is 0 Å². The summed E-state index contributed by atoms with van der Waals surface area (Å²) >= 11 is 0. The normalized spacial score (nSPS) is 11.2. The minimum atomic E-state index is -3.77. The third kappa shape index (κ3) is 5.64. The maximum atomic E-state index is 13.3. The highest BCUT2D eigenvalue weighted by atomic mass is 32.2. The van der Waals surface area contributed by atoms with E-state index in [1.54, 1.807) is 30.3 Å². The average molecular weight is 354 g/mol. The minimum Gasteiger partial charge on any atom is -0.491 e. The number of halogens is 1. The molecule has 0 saturated carbocycles. The fourth-order valence-electron chi connectivity index (χ4n) is 1.91. The number of hydrogen-bond acceptors (Lipinski definition) is 5. The summed E-state index contributed by atoms with van der Waals surface area (Å²) in [4.78, 5) is 10.8. The number of carboxylic acids is 1. The van der Waals surface area contributed by atoms with E-state index in [2.05, 4.69) is 0 Å². The lowest BCUT2D eigenvalue weighted by Crippen LogP contribution is -2.14. The Labute approximate surface area is 138 Å². The highest BCUT2D eigenvalue weighted by molar-refractivity contribution is 7.85. The lowest BCUT2D eigenvalue weighted by Gasteiger charge is -2.08. The molecule has 2 rings (SSSR count). The van der Waals surface area contributed by atoms with Crippen LogP contribution < -0.4 is 4.74 Å². The smallest absolute Gasteiger partial charge is 0.335 e. The Hall–Kier alpha value is -2.45. The second-order valence-electron chi connectivity index (χ2n) is 4.84. The molecule has 0 spiro atoms. The van der Waals surface area contributed by atoms with Gasteiger partial charge in [0.25, 0.3) is 10.1 Å². The molecule has 8 heteroatoms. The predicted molar refractivity (Wildman–Crippen MR) is 83.9 cm³/mol. The SMILES string of the molecule is O=C(O)c1cc(F)cc(OCCOS(=O)(=O)Cc2ccccc2)c1. The van der Waals surface area contributed by atoms with Crippen LogP contribution in [0.3, 0.4) is 0 Å². The van der Waals surface area contributed by atoms with Crippen molar-refractivity contribution in [3.05, 3.63) is 65.5 Å². The van der Waals surface area contributed by atoms with E-state index in [4.69, 9.17) is 14.0 Å². The van der Waals surface area contributed by atoms with Crippen molar-refractivity contribution in [2.45, 2.75) is 5.75 Å². The van der Waals surface area contributed by atoms with Crippen molar-refractivity contribution in [3.8, 4) is 5.75 Å². The first-order chi connectivity index (χ1) is 11.4. The number of ether oxygens (including phenoxy) is 1. The van der Waals surface area contributed by atoms with Crippen LogP contribution in [0, 0.1) is 5.82 Å². The van der Waals surface area contributed by atoms with Crippen molar-refractivity contribution in [1.82, 2.24) is 0 Å². The van der Waals surface area contributed by atoms with E-state index in [1.807, 2.05) is 0 Å². The van der Waals surface area contributed by atoms with Gasteiger partial charge in [-0.25, -0.2) is 9.18 Å². The van der Waals surface area contributed by atoms with Gasteiger partial charge in [0, 0.05) is 6.07 Å². The molecule has 0 aliphatic heterocycles. The molecule has 0 heterocycles. The predicted octanol–water partition coefficient (Wildman–Crippen LogP) is 2.45. The van der Waals surface area contributed by atoms with E-state index < -0.39 is 21.9 Å². The van der Waals surface area contributed by atoms with Crippen LogP contribution in [0.25, 0.3) is 0 Å². The standard InChI is InChI=1S/C16H15FO6S/c17-14-8-13(16(18)19)9-15(10-14)22-6-7-23-24(20,21)11-12-4-2-1-3-5-12/h1-5,8-10H,6-7,11H2,(H,18,19). The lowest BCUT2D eigenvalue weighted by molar-refractivity contribution is 0.0695. The van der Waals surface area contributed by atoms with E-state index in [0.29, 0.717) is 5.56 Å². The van der Waals surface area contributed by atoms with E-state index in [0.717, 1.165) is 18.2 Å². The molecule has 0 bridgehead atoms. The van der Waals surface area contributed by atoms with Crippen LogP contribution in [0.1, 0.15) is 15.9 Å². The molecule has 128 valence electrons. The molecule has 0 saturated heterocycles. The molecule has 24 heavy (non-hydrogen) atoms. The maximum absolute atomic E-state index is 13.3. The van der Waals surface area contributed by atoms with E-state index in [1.165, 1.54) is 0 Å². The average Bonchev–Trinajstić information content (AvgIpc) is 2.51. The summed E-state index contributed by atoms with van der Waals surface area (Å²) < 4.78 is 46.8. The van der Waals surface area contributed by atoms with Gasteiger partial charge in [0.05, 0.1) is 5.56 Å². The summed E-state index contributed by atoms with van der Waals surface area (Å²) in [5, 5.41) is 8.83. The molecule has 0 aromatic heterocycles. The maximum Gasteiger partial charge on any atom is 0.335 e. The van der Waals surface area contributed by atoms with Crippen LogP contribution >= 0.6 is 0 Å². The van der Waals surface area contributed by atoms with Gasteiger partial charge < -0.3 is 9.84 Å². The molecular formula is C16H15FO6S. The van der Waals surface area contributed by atoms with Gasteiger partial charge in [0.15, 0.2) is 0 Å². The Kier molecular flexibility index (Phi) is 5.88. The molecule has 2 aromatic carbocycles. The number of aromatic carboxylic acids is 1. The lowest BCUT2D eigenvalue weighted by atomic mass is 10.2. The molecule has 0 fully saturated rings. The van der Waals surface area contributed by atoms with Crippen molar-refractivity contribution in [3.63, 3.8) is 0 Å². The summed E-state index contributed by atoms with van der Waals surface area (Å²) in [6.07, 6.45) is 0. The Morgan fingerprint density at radius 1 is 1.08 bits per heavy atom. The molecule has 0 radical (unpaired) electrons. The second kappa shape index (κ2) is 7.89. The Morgan fingerprint density at radius 3 is 2.46 bits per heavy atom. The number of carboxylic acid groups (broad SMARTS) is 1. The molecule has 0 unspecified atom stereocenters. The summed E-state index contributed by atoms with van der Waals surface area (Å²) in [5.74, 6) is -2.34. The summed E-state index contributed by atoms with van der Waals surface area (Å²) in [6, 6.07) is 11.5. The van der Waals surface area contributed by atoms with Gasteiger partial charge in [0.2, 0.25) is 0 Å². The first-order valence-electron chi connectivity index (χ1n) is 6.93. The van der Waals surface area contributed by atoms with Gasteiger partial charge in [0.1, 0.15) is 30.5 Å². The Bertz CT molecular complexity index is 805. The topological polar surface area (TPSA) is 89.9 Å². The number of carbonyl (C=O) groups is 1. The van der Waals surface area contributed by atoms with Crippen LogP contribution in [-0.4, -0.2) is 32.7 Å². The summed E-state index contributed by atoms with van der Waals surface area (Å²) in [7, 11) is -3.77. The fourth-order valence-corrected chi connectivity index (χ4v) is 2.92. The molecular weight excluding hydrogens is 339 g/mol. The monoisotopic (exact) mass is 354 g/mol. The minimum absolute atomic E-state index is 0.0172. The number of hydrogen-bond donors (Lipinski definition) is 1. The highest BCUT2D eigenvalue weighted by Crippen LogP contribution is 2.16. The molecule has 0 aliphatic carbocycles. The van der Waals surface area contributed by atoms with Crippen LogP contribution in [0.5, 0.6) is 5.75 Å². The quantitative estimate of drug-likeness (QED) is 0.578. The zero-order chi connectivity index (χ0) is 17.6. The first kappa shape index (κ1) is 17.9. The molecule has 0 amide bonds. The van der Waals surface area contributed by atoms with Gasteiger partial charge in [-0.3, -0.25) is 4.18 Å². The molecule has 1 N–H and O–H groups in total. The zero-order valence-electron chi connectivity index (χ0n) is 12.5. The van der Waals surface area contributed by atoms with Gasteiger partial charge in [-0.2, -0.15) is 8.42 Å². The van der Waals surface area contributed by atoms with Crippen LogP contribution in [0.15, 0.2) is 48.5 Å². The van der Waals surface area contributed by atoms with Crippen molar-refractivity contribution in [2.24, 2.45) is 0 Å². The van der Waals surface area contributed by atoms with E-state index in [9.17, 15) is 17.6 Å². The van der Waals surface area contributed by atoms with Crippen molar-refractivity contribution in [2.75, 3.05) is 13.2 Å². The van der Waals surface area contributed by atoms with Gasteiger partial charge >= 0.3 is 5.97 Å². The van der Waals surface area contributed by atoms with Crippen LogP contribution in [0.2, 0.25) is 0 Å². The first-order valence-corrected chi connectivity index (χ1v) is 8.51. The summed E-state index contributed by atoms with van der Waals surface area (Å²) in [6.45, 7) is -0.440. The van der Waals surface area contributed by atoms with Crippen LogP contribution in [0.4, 0.5) is 4.39 Å². The number of rotatable bonds is 8. The summed E-state index contributed by atoms with van der Waals surface area (Å²) in [5.41, 5.74) is 0.331. The Balaban J connectivity index is 1.85. The Morgan fingerprint density at radius 2 is 1.79 bits per heavy atom. The zero-order valence-corrected chi connectivity index (χ0v) is 13.3. The van der Waals surface area contributed by atoms with E-state index >= 15 is 0 Å². The highest BCUT2D eigenvalue weighted by Gasteiger charge is 2.13. The van der Waals surface area contributed by atoms with Crippen molar-refractivity contribution in [1.29, 1.82) is 0 Å². The number of benzene rings is 2. The van der Waals surface area contributed by atoms with Gasteiger partial charge in [-0.05, 0) is 17.7 Å². The van der Waals surface area contributed by atoms with Gasteiger partial charge in [-0.1, -0.05) is 30.3 Å². The largest absolute Gasteiger partial charge is 0.491 e. The van der Waals surface area contributed by atoms with Crippen molar-refractivity contribution >= 4 is 16.1 Å². The van der Waals surface area contributed by atoms with Crippen LogP contribution in [-0.2, 0) is 20.1 Å². The molecule has 2 aromatic rings. The third-order valence-electron chi connectivity index (χ3n) is 2.92. The van der Waals surface area contributed by atoms with Crippen molar-refractivity contribution < 1.29 is 31.6 Å². The molecule has 0 atom stereocenters. The third-order valence-corrected chi connectivity index (χ3v) is 4.13. The molecule has 6 nitrogen and oxygen atoms in total. The fraction of sp³-hybridized carbons (Fsp3) is 0.188. The van der Waals surface area contributed by atoms with E-state index in [-0.39, 0.29) is 30.3 Å². The molecule has 0 aliphatic rings. The second-order valence-corrected chi connectivity index (χ2v) is 6.48.